The van der Waals surface area contributed by atoms with Crippen LogP contribution >= 0.6 is 0 Å². The van der Waals surface area contributed by atoms with Gasteiger partial charge in [0.15, 0.2) is 0 Å². The first kappa shape index (κ1) is 13.2. The maximum atomic E-state index is 11.0. The summed E-state index contributed by atoms with van der Waals surface area (Å²) < 4.78 is 0. The van der Waals surface area contributed by atoms with Crippen LogP contribution in [0, 0.1) is 10.1 Å². The number of aliphatic hydroxyl groups is 1. The molecule has 0 bridgehead atoms. The molecule has 1 aromatic heterocycles. The third-order valence-corrected chi connectivity index (χ3v) is 2.87. The molecule has 0 aliphatic carbocycles. The zero-order valence-electron chi connectivity index (χ0n) is 10.5. The standard InChI is InChI=1S/C13H15N3O3/c1-9(17)4-7-15-12-2-3-13(16(18)19)10-5-6-14-8-11(10)12/h2-3,5-6,8-9,15,17H,4,7H2,1H3. The molecule has 1 unspecified atom stereocenters. The Morgan fingerprint density at radius 3 is 2.89 bits per heavy atom. The third kappa shape index (κ3) is 2.97. The Balaban J connectivity index is 2.36. The number of pyridine rings is 1. The molecule has 0 saturated heterocycles. The summed E-state index contributed by atoms with van der Waals surface area (Å²) in [5.41, 5.74) is 0.854. The van der Waals surface area contributed by atoms with Gasteiger partial charge in [0, 0.05) is 36.1 Å². The third-order valence-electron chi connectivity index (χ3n) is 2.87. The van der Waals surface area contributed by atoms with Gasteiger partial charge in [-0.1, -0.05) is 0 Å². The summed E-state index contributed by atoms with van der Waals surface area (Å²) in [5, 5.41) is 24.6. The van der Waals surface area contributed by atoms with E-state index < -0.39 is 4.92 Å². The van der Waals surface area contributed by atoms with Gasteiger partial charge < -0.3 is 10.4 Å². The minimum absolute atomic E-state index is 0.0680. The van der Waals surface area contributed by atoms with E-state index in [-0.39, 0.29) is 11.8 Å². The second kappa shape index (κ2) is 5.62. The van der Waals surface area contributed by atoms with Crippen molar-refractivity contribution in [3.05, 3.63) is 40.7 Å². The molecule has 0 aliphatic heterocycles. The van der Waals surface area contributed by atoms with Crippen LogP contribution in [-0.4, -0.2) is 27.7 Å². The SMILES string of the molecule is CC(O)CCNc1ccc([N+](=O)[O-])c2ccncc12. The van der Waals surface area contributed by atoms with E-state index in [4.69, 9.17) is 0 Å². The van der Waals surface area contributed by atoms with Crippen LogP contribution in [0.15, 0.2) is 30.6 Å². The summed E-state index contributed by atoms with van der Waals surface area (Å²) in [4.78, 5) is 14.6. The van der Waals surface area contributed by atoms with Gasteiger partial charge in [0.25, 0.3) is 5.69 Å². The second-order valence-corrected chi connectivity index (χ2v) is 4.38. The monoisotopic (exact) mass is 261 g/mol. The van der Waals surface area contributed by atoms with Crippen molar-refractivity contribution in [2.75, 3.05) is 11.9 Å². The highest BCUT2D eigenvalue weighted by molar-refractivity contribution is 5.99. The number of hydrogen-bond acceptors (Lipinski definition) is 5. The lowest BCUT2D eigenvalue weighted by Gasteiger charge is -2.10. The lowest BCUT2D eigenvalue weighted by molar-refractivity contribution is -0.383. The summed E-state index contributed by atoms with van der Waals surface area (Å²) in [6.45, 7) is 2.32. The number of hydrogen-bond donors (Lipinski definition) is 2. The highest BCUT2D eigenvalue weighted by atomic mass is 16.6. The van der Waals surface area contributed by atoms with Crippen LogP contribution in [0.2, 0.25) is 0 Å². The summed E-state index contributed by atoms with van der Waals surface area (Å²) in [5.74, 6) is 0. The lowest BCUT2D eigenvalue weighted by atomic mass is 10.1. The van der Waals surface area contributed by atoms with Crippen LogP contribution in [0.1, 0.15) is 13.3 Å². The molecule has 6 heteroatoms. The van der Waals surface area contributed by atoms with Crippen LogP contribution in [0.4, 0.5) is 11.4 Å². The van der Waals surface area contributed by atoms with Crippen LogP contribution in [0.3, 0.4) is 0 Å². The van der Waals surface area contributed by atoms with E-state index in [1.54, 1.807) is 25.3 Å². The first-order valence-electron chi connectivity index (χ1n) is 6.02. The number of nitro groups is 1. The van der Waals surface area contributed by atoms with E-state index in [2.05, 4.69) is 10.3 Å². The van der Waals surface area contributed by atoms with Gasteiger partial charge in [0.2, 0.25) is 0 Å². The topological polar surface area (TPSA) is 88.3 Å². The van der Waals surface area contributed by atoms with Crippen molar-refractivity contribution in [1.82, 2.24) is 4.98 Å². The number of rotatable bonds is 5. The van der Waals surface area contributed by atoms with Crippen molar-refractivity contribution in [2.45, 2.75) is 19.4 Å². The van der Waals surface area contributed by atoms with Gasteiger partial charge in [-0.05, 0) is 25.5 Å². The van der Waals surface area contributed by atoms with Crippen LogP contribution in [0.5, 0.6) is 0 Å². The van der Waals surface area contributed by atoms with Gasteiger partial charge in [-0.2, -0.15) is 0 Å². The van der Waals surface area contributed by atoms with Gasteiger partial charge in [0.1, 0.15) is 0 Å². The Morgan fingerprint density at radius 2 is 2.21 bits per heavy atom. The molecule has 0 aliphatic rings. The number of aliphatic hydroxyl groups excluding tert-OH is 1. The molecule has 2 aromatic rings. The first-order chi connectivity index (χ1) is 9.09. The quantitative estimate of drug-likeness (QED) is 0.637. The lowest BCUT2D eigenvalue weighted by Crippen LogP contribution is -2.10. The Morgan fingerprint density at radius 1 is 1.42 bits per heavy atom. The molecule has 19 heavy (non-hydrogen) atoms. The van der Waals surface area contributed by atoms with Crippen LogP contribution < -0.4 is 5.32 Å². The molecule has 2 N–H and O–H groups in total. The van der Waals surface area contributed by atoms with Gasteiger partial charge in [-0.3, -0.25) is 15.1 Å². The number of aromatic nitrogens is 1. The number of fused-ring (bicyclic) bond motifs is 1. The predicted octanol–water partition coefficient (Wildman–Crippen LogP) is 2.33. The fraction of sp³-hybridized carbons (Fsp3) is 0.308. The Labute approximate surface area is 110 Å². The summed E-state index contributed by atoms with van der Waals surface area (Å²) in [7, 11) is 0. The normalized spacial score (nSPS) is 12.3. The number of non-ortho nitro benzene ring substituents is 1. The fourth-order valence-corrected chi connectivity index (χ4v) is 1.90. The van der Waals surface area contributed by atoms with Gasteiger partial charge >= 0.3 is 0 Å². The van der Waals surface area contributed by atoms with Crippen LogP contribution in [-0.2, 0) is 0 Å². The molecule has 100 valence electrons. The van der Waals surface area contributed by atoms with Gasteiger partial charge in [-0.15, -0.1) is 0 Å². The van der Waals surface area contributed by atoms with E-state index in [9.17, 15) is 15.2 Å². The smallest absolute Gasteiger partial charge is 0.277 e. The molecule has 2 rings (SSSR count). The molecule has 1 atom stereocenters. The van der Waals surface area contributed by atoms with E-state index in [1.165, 1.54) is 12.3 Å². The number of nitro benzene ring substituents is 1. The molecule has 0 saturated carbocycles. The minimum atomic E-state index is -0.401. The van der Waals surface area contributed by atoms with E-state index in [1.807, 2.05) is 0 Å². The highest BCUT2D eigenvalue weighted by Crippen LogP contribution is 2.30. The van der Waals surface area contributed by atoms with Crippen molar-refractivity contribution in [2.24, 2.45) is 0 Å². The zero-order valence-corrected chi connectivity index (χ0v) is 10.5. The first-order valence-corrected chi connectivity index (χ1v) is 6.02. The maximum absolute atomic E-state index is 11.0. The van der Waals surface area contributed by atoms with Crippen molar-refractivity contribution < 1.29 is 10.0 Å². The summed E-state index contributed by atoms with van der Waals surface area (Å²) in [6, 6.07) is 4.78. The number of anilines is 1. The summed E-state index contributed by atoms with van der Waals surface area (Å²) >= 11 is 0. The van der Waals surface area contributed by atoms with E-state index in [0.717, 1.165) is 5.69 Å². The molecule has 1 heterocycles. The molecule has 1 aromatic carbocycles. The molecule has 0 fully saturated rings. The molecular formula is C13H15N3O3. The fourth-order valence-electron chi connectivity index (χ4n) is 1.90. The van der Waals surface area contributed by atoms with Crippen LogP contribution in [0.25, 0.3) is 10.8 Å². The zero-order chi connectivity index (χ0) is 13.8. The number of nitrogens with zero attached hydrogens (tertiary/aromatic N) is 2. The summed E-state index contributed by atoms with van der Waals surface area (Å²) in [6.07, 6.45) is 3.37. The predicted molar refractivity (Wildman–Crippen MR) is 73.2 cm³/mol. The van der Waals surface area contributed by atoms with E-state index >= 15 is 0 Å². The Kier molecular flexibility index (Phi) is 3.91. The molecular weight excluding hydrogens is 246 g/mol. The van der Waals surface area contributed by atoms with Gasteiger partial charge in [0.05, 0.1) is 16.4 Å². The Hall–Kier alpha value is -2.21. The van der Waals surface area contributed by atoms with Crippen molar-refractivity contribution >= 4 is 22.1 Å². The van der Waals surface area contributed by atoms with E-state index in [0.29, 0.717) is 23.7 Å². The number of nitrogens with one attached hydrogen (secondary N) is 1. The molecule has 0 amide bonds. The largest absolute Gasteiger partial charge is 0.393 e. The van der Waals surface area contributed by atoms with Crippen molar-refractivity contribution in [1.29, 1.82) is 0 Å². The van der Waals surface area contributed by atoms with Gasteiger partial charge in [-0.25, -0.2) is 0 Å². The van der Waals surface area contributed by atoms with Crippen molar-refractivity contribution in [3.63, 3.8) is 0 Å². The highest BCUT2D eigenvalue weighted by Gasteiger charge is 2.13. The molecule has 6 nitrogen and oxygen atoms in total. The average molecular weight is 261 g/mol. The average Bonchev–Trinajstić information content (AvgIpc) is 2.38. The van der Waals surface area contributed by atoms with Crippen molar-refractivity contribution in [3.8, 4) is 0 Å². The maximum Gasteiger partial charge on any atom is 0.277 e. The molecule has 0 spiro atoms. The Bertz CT molecular complexity index is 599. The number of benzene rings is 1. The second-order valence-electron chi connectivity index (χ2n) is 4.38. The minimum Gasteiger partial charge on any atom is -0.393 e. The molecule has 0 radical (unpaired) electrons.